The summed E-state index contributed by atoms with van der Waals surface area (Å²) in [5.74, 6) is 0.460. The summed E-state index contributed by atoms with van der Waals surface area (Å²) in [6.45, 7) is 7.09. The number of piperidine rings is 1. The van der Waals surface area contributed by atoms with E-state index in [1.807, 2.05) is 0 Å². The molecule has 5 heteroatoms. The normalized spacial score (nSPS) is 28.7. The Kier molecular flexibility index (Phi) is 4.62. The molecule has 1 rings (SSSR count). The molecule has 0 radical (unpaired) electrons. The zero-order chi connectivity index (χ0) is 12.3. The van der Waals surface area contributed by atoms with Crippen LogP contribution in [0, 0.1) is 5.92 Å². The molecule has 2 nitrogen and oxygen atoms in total. The first kappa shape index (κ1) is 13.8. The monoisotopic (exact) mass is 238 g/mol. The van der Waals surface area contributed by atoms with E-state index < -0.39 is 12.7 Å². The van der Waals surface area contributed by atoms with Crippen molar-refractivity contribution in [2.24, 2.45) is 5.92 Å². The van der Waals surface area contributed by atoms with Gasteiger partial charge in [-0.25, -0.2) is 0 Å². The molecule has 0 aliphatic carbocycles. The SMILES string of the molecule is CC1CC(NCC(F)(F)F)CN(C(C)C)C1. The number of rotatable bonds is 3. The van der Waals surface area contributed by atoms with Gasteiger partial charge in [-0.1, -0.05) is 6.92 Å². The maximum absolute atomic E-state index is 12.1. The third-order valence-corrected chi connectivity index (χ3v) is 3.01. The molecule has 2 atom stereocenters. The van der Waals surface area contributed by atoms with Gasteiger partial charge in [-0.2, -0.15) is 13.2 Å². The molecule has 2 unspecified atom stereocenters. The van der Waals surface area contributed by atoms with Crippen molar-refractivity contribution < 1.29 is 13.2 Å². The molecule has 0 aromatic rings. The highest BCUT2D eigenvalue weighted by Crippen LogP contribution is 2.20. The van der Waals surface area contributed by atoms with Crippen LogP contribution in [0.2, 0.25) is 0 Å². The van der Waals surface area contributed by atoms with Crippen molar-refractivity contribution in [1.82, 2.24) is 10.2 Å². The maximum Gasteiger partial charge on any atom is 0.401 e. The van der Waals surface area contributed by atoms with Crippen molar-refractivity contribution in [3.05, 3.63) is 0 Å². The minimum atomic E-state index is -4.11. The van der Waals surface area contributed by atoms with Crippen molar-refractivity contribution >= 4 is 0 Å². The Balaban J connectivity index is 2.42. The highest BCUT2D eigenvalue weighted by Gasteiger charge is 2.31. The van der Waals surface area contributed by atoms with Gasteiger partial charge in [0.15, 0.2) is 0 Å². The highest BCUT2D eigenvalue weighted by molar-refractivity contribution is 4.83. The van der Waals surface area contributed by atoms with E-state index in [4.69, 9.17) is 0 Å². The number of nitrogens with zero attached hydrogens (tertiary/aromatic N) is 1. The molecule has 1 saturated heterocycles. The molecule has 16 heavy (non-hydrogen) atoms. The summed E-state index contributed by atoms with van der Waals surface area (Å²) < 4.78 is 36.3. The Morgan fingerprint density at radius 3 is 2.44 bits per heavy atom. The van der Waals surface area contributed by atoms with Crippen molar-refractivity contribution in [2.75, 3.05) is 19.6 Å². The van der Waals surface area contributed by atoms with Crippen LogP contribution in [-0.4, -0.2) is 42.8 Å². The first-order chi connectivity index (χ1) is 7.28. The quantitative estimate of drug-likeness (QED) is 0.811. The number of hydrogen-bond donors (Lipinski definition) is 1. The van der Waals surface area contributed by atoms with Gasteiger partial charge in [0.25, 0.3) is 0 Å². The van der Waals surface area contributed by atoms with E-state index in [2.05, 4.69) is 31.0 Å². The lowest BCUT2D eigenvalue weighted by molar-refractivity contribution is -0.127. The predicted molar refractivity (Wildman–Crippen MR) is 58.3 cm³/mol. The van der Waals surface area contributed by atoms with E-state index in [0.717, 1.165) is 19.5 Å². The van der Waals surface area contributed by atoms with Gasteiger partial charge in [-0.15, -0.1) is 0 Å². The standard InChI is InChI=1S/C11H21F3N2/c1-8(2)16-5-9(3)4-10(6-16)15-7-11(12,13)14/h8-10,15H,4-7H2,1-3H3. The van der Waals surface area contributed by atoms with E-state index in [1.165, 1.54) is 0 Å². The summed E-state index contributed by atoms with van der Waals surface area (Å²) in [4.78, 5) is 2.24. The van der Waals surface area contributed by atoms with Crippen LogP contribution in [0.25, 0.3) is 0 Å². The second-order valence-electron chi connectivity index (χ2n) is 5.08. The molecule has 0 spiro atoms. The van der Waals surface area contributed by atoms with Gasteiger partial charge in [0.2, 0.25) is 0 Å². The molecular weight excluding hydrogens is 217 g/mol. The van der Waals surface area contributed by atoms with Crippen LogP contribution in [0.15, 0.2) is 0 Å². The van der Waals surface area contributed by atoms with E-state index >= 15 is 0 Å². The maximum atomic E-state index is 12.1. The molecule has 96 valence electrons. The number of likely N-dealkylation sites (tertiary alicyclic amines) is 1. The zero-order valence-electron chi connectivity index (χ0n) is 10.1. The summed E-state index contributed by atoms with van der Waals surface area (Å²) in [7, 11) is 0. The highest BCUT2D eigenvalue weighted by atomic mass is 19.4. The van der Waals surface area contributed by atoms with Crippen molar-refractivity contribution in [3.8, 4) is 0 Å². The minimum Gasteiger partial charge on any atom is -0.305 e. The van der Waals surface area contributed by atoms with E-state index in [9.17, 15) is 13.2 Å². The summed E-state index contributed by atoms with van der Waals surface area (Å²) in [6, 6.07) is 0.366. The average molecular weight is 238 g/mol. The zero-order valence-corrected chi connectivity index (χ0v) is 10.1. The van der Waals surface area contributed by atoms with Gasteiger partial charge in [0, 0.05) is 25.2 Å². The van der Waals surface area contributed by atoms with E-state index in [0.29, 0.717) is 12.0 Å². The predicted octanol–water partition coefficient (Wildman–Crippen LogP) is 2.26. The number of nitrogens with one attached hydrogen (secondary N) is 1. The summed E-state index contributed by atoms with van der Waals surface area (Å²) in [5, 5.41) is 2.61. The Labute approximate surface area is 95.2 Å². The third kappa shape index (κ3) is 4.70. The molecule has 1 heterocycles. The molecule has 1 aliphatic rings. The number of alkyl halides is 3. The Hall–Kier alpha value is -0.290. The van der Waals surface area contributed by atoms with Crippen molar-refractivity contribution in [2.45, 2.75) is 45.5 Å². The van der Waals surface area contributed by atoms with Gasteiger partial charge >= 0.3 is 6.18 Å². The topological polar surface area (TPSA) is 15.3 Å². The molecule has 0 amide bonds. The molecule has 0 bridgehead atoms. The van der Waals surface area contributed by atoms with Gasteiger partial charge in [0.1, 0.15) is 0 Å². The van der Waals surface area contributed by atoms with E-state index in [-0.39, 0.29) is 6.04 Å². The Morgan fingerprint density at radius 1 is 1.31 bits per heavy atom. The minimum absolute atomic E-state index is 0.0345. The first-order valence-electron chi connectivity index (χ1n) is 5.82. The van der Waals surface area contributed by atoms with Crippen molar-refractivity contribution in [1.29, 1.82) is 0 Å². The van der Waals surface area contributed by atoms with Crippen LogP contribution < -0.4 is 5.32 Å². The fraction of sp³-hybridized carbons (Fsp3) is 1.00. The van der Waals surface area contributed by atoms with Gasteiger partial charge < -0.3 is 5.32 Å². The van der Waals surface area contributed by atoms with Crippen LogP contribution in [0.4, 0.5) is 13.2 Å². The largest absolute Gasteiger partial charge is 0.401 e. The van der Waals surface area contributed by atoms with Crippen LogP contribution in [0.5, 0.6) is 0 Å². The Morgan fingerprint density at radius 2 is 1.94 bits per heavy atom. The van der Waals surface area contributed by atoms with E-state index in [1.54, 1.807) is 0 Å². The summed E-state index contributed by atoms with van der Waals surface area (Å²) >= 11 is 0. The van der Waals surface area contributed by atoms with Crippen LogP contribution in [0.1, 0.15) is 27.2 Å². The molecular formula is C11H21F3N2. The average Bonchev–Trinajstić information content (AvgIpc) is 2.13. The molecule has 1 N–H and O–H groups in total. The van der Waals surface area contributed by atoms with Crippen molar-refractivity contribution in [3.63, 3.8) is 0 Å². The van der Waals surface area contributed by atoms with Crippen LogP contribution >= 0.6 is 0 Å². The number of halogens is 3. The van der Waals surface area contributed by atoms with Gasteiger partial charge in [-0.05, 0) is 26.2 Å². The van der Waals surface area contributed by atoms with Gasteiger partial charge in [-0.3, -0.25) is 4.90 Å². The lowest BCUT2D eigenvalue weighted by Crippen LogP contribution is -2.52. The van der Waals surface area contributed by atoms with Crippen LogP contribution in [0.3, 0.4) is 0 Å². The number of hydrogen-bond acceptors (Lipinski definition) is 2. The van der Waals surface area contributed by atoms with Crippen LogP contribution in [-0.2, 0) is 0 Å². The molecule has 0 saturated carbocycles. The fourth-order valence-electron chi connectivity index (χ4n) is 2.22. The second kappa shape index (κ2) is 5.36. The molecule has 0 aromatic heterocycles. The molecule has 0 aromatic carbocycles. The summed E-state index contributed by atoms with van der Waals surface area (Å²) in [5.41, 5.74) is 0. The molecule has 1 aliphatic heterocycles. The first-order valence-corrected chi connectivity index (χ1v) is 5.82. The summed E-state index contributed by atoms with van der Waals surface area (Å²) in [6.07, 6.45) is -3.28. The van der Waals surface area contributed by atoms with Gasteiger partial charge in [0.05, 0.1) is 6.54 Å². The Bertz CT molecular complexity index is 216. The fourth-order valence-corrected chi connectivity index (χ4v) is 2.22. The molecule has 1 fully saturated rings. The second-order valence-corrected chi connectivity index (χ2v) is 5.08. The smallest absolute Gasteiger partial charge is 0.305 e. The lowest BCUT2D eigenvalue weighted by atomic mass is 9.95. The lowest BCUT2D eigenvalue weighted by Gasteiger charge is -2.39. The third-order valence-electron chi connectivity index (χ3n) is 3.01.